The molecule has 2 nitrogen and oxygen atoms in total. The van der Waals surface area contributed by atoms with E-state index < -0.39 is 0 Å². The fraction of sp³-hybridized carbons (Fsp3) is 0.278. The summed E-state index contributed by atoms with van der Waals surface area (Å²) in [6.07, 6.45) is 1.73. The van der Waals surface area contributed by atoms with E-state index in [4.69, 9.17) is 0 Å². The van der Waals surface area contributed by atoms with Crippen molar-refractivity contribution >= 4 is 5.91 Å². The molecule has 3 rings (SSSR count). The molecule has 1 aliphatic rings. The lowest BCUT2D eigenvalue weighted by atomic mass is 10.0. The third kappa shape index (κ3) is 3.01. The first-order valence-corrected chi connectivity index (χ1v) is 7.43. The molecule has 114 valence electrons. The summed E-state index contributed by atoms with van der Waals surface area (Å²) in [5.41, 5.74) is 1.21. The number of amides is 1. The van der Waals surface area contributed by atoms with Gasteiger partial charge in [-0.15, -0.1) is 0 Å². The van der Waals surface area contributed by atoms with Crippen LogP contribution in [0.5, 0.6) is 0 Å². The van der Waals surface area contributed by atoms with Crippen LogP contribution in [0.15, 0.2) is 48.5 Å². The lowest BCUT2D eigenvalue weighted by Crippen LogP contribution is -2.32. The quantitative estimate of drug-likeness (QED) is 0.842. The van der Waals surface area contributed by atoms with Gasteiger partial charge in [-0.1, -0.05) is 30.3 Å². The maximum absolute atomic E-state index is 13.7. The molecule has 0 bridgehead atoms. The summed E-state index contributed by atoms with van der Waals surface area (Å²) in [7, 11) is 0. The summed E-state index contributed by atoms with van der Waals surface area (Å²) in [5, 5.41) is 0. The summed E-state index contributed by atoms with van der Waals surface area (Å²) in [4.78, 5) is 14.2. The number of hydrogen-bond donors (Lipinski definition) is 0. The van der Waals surface area contributed by atoms with E-state index in [1.165, 1.54) is 18.2 Å². The smallest absolute Gasteiger partial charge is 0.227 e. The van der Waals surface area contributed by atoms with Gasteiger partial charge in [-0.05, 0) is 42.2 Å². The normalized spacial score (nSPS) is 17.7. The minimum absolute atomic E-state index is 0.0402. The molecular formula is C18H17F2NO. The molecule has 1 aliphatic heterocycles. The number of carbonyl (C=O) groups excluding carboxylic acids is 1. The third-order valence-corrected chi connectivity index (χ3v) is 4.11. The zero-order chi connectivity index (χ0) is 15.5. The molecule has 1 amide bonds. The van der Waals surface area contributed by atoms with Gasteiger partial charge in [-0.3, -0.25) is 4.79 Å². The number of halogens is 2. The molecule has 0 saturated carbocycles. The highest BCUT2D eigenvalue weighted by molar-refractivity contribution is 5.79. The Morgan fingerprint density at radius 2 is 1.95 bits per heavy atom. The maximum Gasteiger partial charge on any atom is 0.227 e. The largest absolute Gasteiger partial charge is 0.335 e. The minimum Gasteiger partial charge on any atom is -0.335 e. The van der Waals surface area contributed by atoms with E-state index in [1.807, 2.05) is 6.07 Å². The van der Waals surface area contributed by atoms with Crippen LogP contribution in [0.1, 0.15) is 30.0 Å². The Labute approximate surface area is 128 Å². The fourth-order valence-corrected chi connectivity index (χ4v) is 3.03. The van der Waals surface area contributed by atoms with Crippen molar-refractivity contribution in [3.8, 4) is 0 Å². The van der Waals surface area contributed by atoms with Crippen molar-refractivity contribution in [2.45, 2.75) is 25.3 Å². The maximum atomic E-state index is 13.7. The first-order valence-electron chi connectivity index (χ1n) is 7.43. The average Bonchev–Trinajstić information content (AvgIpc) is 2.99. The Bertz CT molecular complexity index is 686. The van der Waals surface area contributed by atoms with Crippen LogP contribution in [0.3, 0.4) is 0 Å². The number of benzene rings is 2. The van der Waals surface area contributed by atoms with Gasteiger partial charge in [0.05, 0.1) is 12.5 Å². The van der Waals surface area contributed by atoms with E-state index in [0.717, 1.165) is 18.4 Å². The van der Waals surface area contributed by atoms with E-state index in [0.29, 0.717) is 12.1 Å². The van der Waals surface area contributed by atoms with Gasteiger partial charge in [0, 0.05) is 6.54 Å². The molecule has 0 radical (unpaired) electrons. The first-order chi connectivity index (χ1) is 10.6. The summed E-state index contributed by atoms with van der Waals surface area (Å²) in [5.74, 6) is -0.778. The molecular weight excluding hydrogens is 284 g/mol. The number of nitrogens with zero attached hydrogens (tertiary/aromatic N) is 1. The van der Waals surface area contributed by atoms with Crippen LogP contribution in [-0.2, 0) is 11.2 Å². The molecule has 1 saturated heterocycles. The molecule has 0 aromatic heterocycles. The molecule has 1 heterocycles. The number of rotatable bonds is 3. The lowest BCUT2D eigenvalue weighted by Gasteiger charge is -2.25. The van der Waals surface area contributed by atoms with Gasteiger partial charge in [-0.25, -0.2) is 8.78 Å². The average molecular weight is 301 g/mol. The van der Waals surface area contributed by atoms with Gasteiger partial charge in [0.25, 0.3) is 0 Å². The Hall–Kier alpha value is -2.23. The molecule has 0 N–H and O–H groups in total. The van der Waals surface area contributed by atoms with Crippen molar-refractivity contribution in [2.75, 3.05) is 6.54 Å². The highest BCUT2D eigenvalue weighted by atomic mass is 19.1. The van der Waals surface area contributed by atoms with E-state index in [-0.39, 0.29) is 30.0 Å². The zero-order valence-corrected chi connectivity index (χ0v) is 12.1. The minimum atomic E-state index is -0.364. The van der Waals surface area contributed by atoms with Gasteiger partial charge in [-0.2, -0.15) is 0 Å². The van der Waals surface area contributed by atoms with Gasteiger partial charge < -0.3 is 4.90 Å². The molecule has 0 unspecified atom stereocenters. The van der Waals surface area contributed by atoms with E-state index in [1.54, 1.807) is 29.2 Å². The molecule has 0 aliphatic carbocycles. The molecule has 1 atom stereocenters. The van der Waals surface area contributed by atoms with Crippen LogP contribution < -0.4 is 0 Å². The molecule has 1 fully saturated rings. The fourth-order valence-electron chi connectivity index (χ4n) is 3.03. The predicted octanol–water partition coefficient (Wildman–Crippen LogP) is 3.87. The lowest BCUT2D eigenvalue weighted by molar-refractivity contribution is -0.131. The molecule has 22 heavy (non-hydrogen) atoms. The van der Waals surface area contributed by atoms with E-state index in [2.05, 4.69) is 0 Å². The highest BCUT2D eigenvalue weighted by Crippen LogP contribution is 2.32. The SMILES string of the molecule is O=C(Cc1ccccc1F)N1CCC[C@@H]1c1cccc(F)c1. The Balaban J connectivity index is 1.78. The second-order valence-electron chi connectivity index (χ2n) is 5.57. The summed E-state index contributed by atoms with van der Waals surface area (Å²) >= 11 is 0. The van der Waals surface area contributed by atoms with Crippen molar-refractivity contribution in [1.82, 2.24) is 4.90 Å². The number of carbonyl (C=O) groups is 1. The topological polar surface area (TPSA) is 20.3 Å². The molecule has 0 spiro atoms. The van der Waals surface area contributed by atoms with Gasteiger partial charge in [0.1, 0.15) is 11.6 Å². The standard InChI is InChI=1S/C18H17F2NO/c19-15-7-3-6-14(11-15)17-9-4-10-21(17)18(22)12-13-5-1-2-8-16(13)20/h1-3,5-8,11,17H,4,9-10,12H2/t17-/m1/s1. The summed E-state index contributed by atoms with van der Waals surface area (Å²) in [6.45, 7) is 0.633. The van der Waals surface area contributed by atoms with Crippen LogP contribution in [0.25, 0.3) is 0 Å². The van der Waals surface area contributed by atoms with E-state index in [9.17, 15) is 13.6 Å². The predicted molar refractivity (Wildman–Crippen MR) is 80.2 cm³/mol. The third-order valence-electron chi connectivity index (χ3n) is 4.11. The Morgan fingerprint density at radius 3 is 2.73 bits per heavy atom. The van der Waals surface area contributed by atoms with Crippen molar-refractivity contribution in [3.05, 3.63) is 71.3 Å². The zero-order valence-electron chi connectivity index (χ0n) is 12.1. The van der Waals surface area contributed by atoms with Crippen LogP contribution in [0, 0.1) is 11.6 Å². The van der Waals surface area contributed by atoms with Crippen molar-refractivity contribution in [1.29, 1.82) is 0 Å². The van der Waals surface area contributed by atoms with Crippen LogP contribution in [0.4, 0.5) is 8.78 Å². The summed E-state index contributed by atoms with van der Waals surface area (Å²) in [6, 6.07) is 12.6. The van der Waals surface area contributed by atoms with Gasteiger partial charge >= 0.3 is 0 Å². The second kappa shape index (κ2) is 6.26. The molecule has 2 aromatic rings. The first kappa shape index (κ1) is 14.7. The molecule has 2 aromatic carbocycles. The van der Waals surface area contributed by atoms with Gasteiger partial charge in [0.2, 0.25) is 5.91 Å². The van der Waals surface area contributed by atoms with Crippen LogP contribution in [-0.4, -0.2) is 17.4 Å². The van der Waals surface area contributed by atoms with E-state index >= 15 is 0 Å². The number of likely N-dealkylation sites (tertiary alicyclic amines) is 1. The highest BCUT2D eigenvalue weighted by Gasteiger charge is 2.30. The van der Waals surface area contributed by atoms with Crippen LogP contribution >= 0.6 is 0 Å². The monoisotopic (exact) mass is 301 g/mol. The van der Waals surface area contributed by atoms with Crippen molar-refractivity contribution in [2.24, 2.45) is 0 Å². The second-order valence-corrected chi connectivity index (χ2v) is 5.57. The van der Waals surface area contributed by atoms with Crippen molar-refractivity contribution < 1.29 is 13.6 Å². The van der Waals surface area contributed by atoms with Gasteiger partial charge in [0.15, 0.2) is 0 Å². The Kier molecular flexibility index (Phi) is 4.18. The molecule has 4 heteroatoms. The summed E-state index contributed by atoms with van der Waals surface area (Å²) < 4.78 is 27.1. The number of hydrogen-bond acceptors (Lipinski definition) is 1. The van der Waals surface area contributed by atoms with Crippen molar-refractivity contribution in [3.63, 3.8) is 0 Å². The van der Waals surface area contributed by atoms with Crippen LogP contribution in [0.2, 0.25) is 0 Å². The Morgan fingerprint density at radius 1 is 1.14 bits per heavy atom.